The highest BCUT2D eigenvalue weighted by molar-refractivity contribution is 5.29. The van der Waals surface area contributed by atoms with E-state index >= 15 is 0 Å². The van der Waals surface area contributed by atoms with Crippen LogP contribution >= 0.6 is 0 Å². The van der Waals surface area contributed by atoms with E-state index in [1.807, 2.05) is 13.8 Å². The Labute approximate surface area is 71.0 Å². The van der Waals surface area contributed by atoms with E-state index in [2.05, 4.69) is 26.5 Å². The molecular weight excluding hydrogens is 132 g/mol. The van der Waals surface area contributed by atoms with Gasteiger partial charge in [-0.2, -0.15) is 0 Å². The summed E-state index contributed by atoms with van der Waals surface area (Å²) in [5, 5.41) is 0. The van der Waals surface area contributed by atoms with Crippen LogP contribution in [0.3, 0.4) is 0 Å². The fourth-order valence-electron chi connectivity index (χ4n) is 1.23. The number of hydrogen-bond donors (Lipinski definition) is 0. The van der Waals surface area contributed by atoms with Crippen molar-refractivity contribution < 1.29 is 0 Å². The summed E-state index contributed by atoms with van der Waals surface area (Å²) in [6.45, 7) is 12.3. The summed E-state index contributed by atoms with van der Waals surface area (Å²) in [4.78, 5) is 0. The quantitative estimate of drug-likeness (QED) is 0.534. The normalized spacial score (nSPS) is 21.8. The van der Waals surface area contributed by atoms with E-state index in [0.717, 1.165) is 5.92 Å². The van der Waals surface area contributed by atoms with Crippen LogP contribution in [0, 0.1) is 5.92 Å². The molecule has 1 unspecified atom stereocenters. The second kappa shape index (κ2) is 5.17. The smallest absolute Gasteiger partial charge is 0.0251 e. The zero-order valence-corrected chi connectivity index (χ0v) is 8.28. The van der Waals surface area contributed by atoms with Crippen LogP contribution < -0.4 is 0 Å². The van der Waals surface area contributed by atoms with Crippen LogP contribution in [0.2, 0.25) is 0 Å². The van der Waals surface area contributed by atoms with E-state index in [9.17, 15) is 0 Å². The number of rotatable bonds is 1. The molecule has 0 aromatic carbocycles. The monoisotopic (exact) mass is 152 g/mol. The zero-order chi connectivity index (χ0) is 8.85. The summed E-state index contributed by atoms with van der Waals surface area (Å²) in [7, 11) is 0. The molecule has 0 bridgehead atoms. The van der Waals surface area contributed by atoms with E-state index in [0.29, 0.717) is 0 Å². The molecule has 0 heteroatoms. The SMILES string of the molecule is C=C(C)C1=CCC(C)C1.CC. The van der Waals surface area contributed by atoms with Gasteiger partial charge in [0.25, 0.3) is 0 Å². The predicted octanol–water partition coefficient (Wildman–Crippen LogP) is 3.95. The molecule has 0 spiro atoms. The third kappa shape index (κ3) is 3.41. The summed E-state index contributed by atoms with van der Waals surface area (Å²) in [5.41, 5.74) is 2.72. The third-order valence-electron chi connectivity index (χ3n) is 1.88. The topological polar surface area (TPSA) is 0 Å². The molecule has 1 rings (SSSR count). The van der Waals surface area contributed by atoms with Gasteiger partial charge in [-0.1, -0.05) is 39.0 Å². The maximum atomic E-state index is 3.90. The molecule has 0 N–H and O–H groups in total. The molecule has 0 amide bonds. The lowest BCUT2D eigenvalue weighted by Gasteiger charge is -2.00. The van der Waals surface area contributed by atoms with E-state index in [1.54, 1.807) is 0 Å². The third-order valence-corrected chi connectivity index (χ3v) is 1.88. The van der Waals surface area contributed by atoms with Gasteiger partial charge in [0.05, 0.1) is 0 Å². The highest BCUT2D eigenvalue weighted by Crippen LogP contribution is 2.27. The molecule has 0 aromatic rings. The van der Waals surface area contributed by atoms with Crippen LogP contribution in [0.1, 0.15) is 40.5 Å². The van der Waals surface area contributed by atoms with Crippen LogP contribution in [0.15, 0.2) is 23.8 Å². The van der Waals surface area contributed by atoms with Crippen molar-refractivity contribution in [2.45, 2.75) is 40.5 Å². The van der Waals surface area contributed by atoms with Crippen molar-refractivity contribution >= 4 is 0 Å². The second-order valence-electron chi connectivity index (χ2n) is 3.05. The Kier molecular flexibility index (Phi) is 4.93. The number of allylic oxidation sites excluding steroid dienone is 3. The Morgan fingerprint density at radius 1 is 1.55 bits per heavy atom. The molecule has 1 atom stereocenters. The maximum absolute atomic E-state index is 3.90. The van der Waals surface area contributed by atoms with Crippen LogP contribution in [0.5, 0.6) is 0 Å². The van der Waals surface area contributed by atoms with Gasteiger partial charge < -0.3 is 0 Å². The largest absolute Gasteiger partial charge is 0.0958 e. The highest BCUT2D eigenvalue weighted by atomic mass is 14.2. The van der Waals surface area contributed by atoms with Gasteiger partial charge in [-0.05, 0) is 31.3 Å². The standard InChI is InChI=1S/C9H14.C2H6/c1-7(2)9-5-4-8(3)6-9;1-2/h5,8H,1,4,6H2,2-3H3;1-2H3. The predicted molar refractivity (Wildman–Crippen MR) is 52.6 cm³/mol. The lowest BCUT2D eigenvalue weighted by atomic mass is 10.1. The van der Waals surface area contributed by atoms with Crippen LogP contribution in [-0.4, -0.2) is 0 Å². The van der Waals surface area contributed by atoms with Gasteiger partial charge >= 0.3 is 0 Å². The molecule has 0 aliphatic heterocycles. The fourth-order valence-corrected chi connectivity index (χ4v) is 1.23. The molecule has 1 aliphatic carbocycles. The van der Waals surface area contributed by atoms with E-state index in [4.69, 9.17) is 0 Å². The molecule has 0 saturated heterocycles. The Bertz CT molecular complexity index is 151. The molecule has 0 nitrogen and oxygen atoms in total. The molecule has 0 radical (unpaired) electrons. The van der Waals surface area contributed by atoms with Gasteiger partial charge in [-0.25, -0.2) is 0 Å². The van der Waals surface area contributed by atoms with Gasteiger partial charge in [-0.15, -0.1) is 0 Å². The lowest BCUT2D eigenvalue weighted by molar-refractivity contribution is 0.630. The Morgan fingerprint density at radius 3 is 2.27 bits per heavy atom. The van der Waals surface area contributed by atoms with Crippen molar-refractivity contribution in [2.75, 3.05) is 0 Å². The Hall–Kier alpha value is -0.520. The van der Waals surface area contributed by atoms with Gasteiger partial charge in [-0.3, -0.25) is 0 Å². The van der Waals surface area contributed by atoms with E-state index in [-0.39, 0.29) is 0 Å². The average molecular weight is 152 g/mol. The first-order valence-electron chi connectivity index (χ1n) is 4.55. The summed E-state index contributed by atoms with van der Waals surface area (Å²) in [6.07, 6.45) is 4.81. The first-order chi connectivity index (χ1) is 5.20. The van der Waals surface area contributed by atoms with Crippen LogP contribution in [0.4, 0.5) is 0 Å². The molecule has 0 saturated carbocycles. The lowest BCUT2D eigenvalue weighted by Crippen LogP contribution is -1.85. The van der Waals surface area contributed by atoms with Crippen molar-refractivity contribution in [3.05, 3.63) is 23.8 Å². The van der Waals surface area contributed by atoms with Gasteiger partial charge in [0.2, 0.25) is 0 Å². The molecule has 64 valence electrons. The minimum absolute atomic E-state index is 0.858. The summed E-state index contributed by atoms with van der Waals surface area (Å²) in [5.74, 6) is 0.858. The van der Waals surface area contributed by atoms with Crippen LogP contribution in [0.25, 0.3) is 0 Å². The van der Waals surface area contributed by atoms with Crippen molar-refractivity contribution in [2.24, 2.45) is 5.92 Å². The summed E-state index contributed by atoms with van der Waals surface area (Å²) in [6, 6.07) is 0. The molecule has 11 heavy (non-hydrogen) atoms. The van der Waals surface area contributed by atoms with Crippen molar-refractivity contribution in [3.63, 3.8) is 0 Å². The minimum atomic E-state index is 0.858. The van der Waals surface area contributed by atoms with Crippen molar-refractivity contribution in [1.82, 2.24) is 0 Å². The van der Waals surface area contributed by atoms with Gasteiger partial charge in [0.1, 0.15) is 0 Å². The molecule has 0 fully saturated rings. The molecule has 1 aliphatic rings. The Balaban J connectivity index is 0.000000461. The maximum Gasteiger partial charge on any atom is -0.0251 e. The van der Waals surface area contributed by atoms with Crippen molar-refractivity contribution in [3.8, 4) is 0 Å². The number of hydrogen-bond acceptors (Lipinski definition) is 0. The average Bonchev–Trinajstić information content (AvgIpc) is 2.40. The van der Waals surface area contributed by atoms with Gasteiger partial charge in [0, 0.05) is 0 Å². The summed E-state index contributed by atoms with van der Waals surface area (Å²) >= 11 is 0. The molecular formula is C11H20. The Morgan fingerprint density at radius 2 is 2.09 bits per heavy atom. The molecule has 0 heterocycles. The van der Waals surface area contributed by atoms with Crippen LogP contribution in [-0.2, 0) is 0 Å². The van der Waals surface area contributed by atoms with Gasteiger partial charge in [0.15, 0.2) is 0 Å². The highest BCUT2D eigenvalue weighted by Gasteiger charge is 2.11. The minimum Gasteiger partial charge on any atom is -0.0958 e. The first kappa shape index (κ1) is 10.5. The van der Waals surface area contributed by atoms with Crippen molar-refractivity contribution in [1.29, 1.82) is 0 Å². The zero-order valence-electron chi connectivity index (χ0n) is 8.28. The second-order valence-corrected chi connectivity index (χ2v) is 3.05. The molecule has 0 aromatic heterocycles. The first-order valence-corrected chi connectivity index (χ1v) is 4.55. The van der Waals surface area contributed by atoms with E-state index in [1.165, 1.54) is 24.0 Å². The summed E-state index contributed by atoms with van der Waals surface area (Å²) < 4.78 is 0. The van der Waals surface area contributed by atoms with E-state index < -0.39 is 0 Å². The fraction of sp³-hybridized carbons (Fsp3) is 0.636.